The van der Waals surface area contributed by atoms with Crippen molar-refractivity contribution >= 4 is 17.7 Å². The summed E-state index contributed by atoms with van der Waals surface area (Å²) in [6, 6.07) is 0. The molecule has 0 N–H and O–H groups in total. The highest BCUT2D eigenvalue weighted by Gasteiger charge is 2.33. The van der Waals surface area contributed by atoms with Gasteiger partial charge in [-0.1, -0.05) is 0 Å². The minimum atomic E-state index is -0.533. The maximum atomic E-state index is 11.4. The van der Waals surface area contributed by atoms with E-state index in [1.54, 1.807) is 6.92 Å². The fourth-order valence-electron chi connectivity index (χ4n) is 1.53. The zero-order chi connectivity index (χ0) is 12.3. The third-order valence-electron chi connectivity index (χ3n) is 2.48. The number of hydrogen-bond acceptors (Lipinski definition) is 5. The van der Waals surface area contributed by atoms with Crippen LogP contribution >= 0.6 is 0 Å². The maximum Gasteiger partial charge on any atom is 0.335 e. The molecule has 0 amide bonds. The van der Waals surface area contributed by atoms with Gasteiger partial charge in [0.2, 0.25) is 0 Å². The van der Waals surface area contributed by atoms with Crippen LogP contribution in [0.2, 0.25) is 0 Å². The molecule has 0 fully saturated rings. The Bertz CT molecular complexity index is 367. The van der Waals surface area contributed by atoms with E-state index < -0.39 is 18.0 Å². The molecular weight excluding hydrogens is 212 g/mol. The number of esters is 2. The van der Waals surface area contributed by atoms with E-state index in [1.165, 1.54) is 14.0 Å². The van der Waals surface area contributed by atoms with Crippen molar-refractivity contribution < 1.29 is 23.9 Å². The highest BCUT2D eigenvalue weighted by molar-refractivity contribution is 5.97. The van der Waals surface area contributed by atoms with E-state index in [0.29, 0.717) is 11.1 Å². The molecule has 1 unspecified atom stereocenters. The maximum absolute atomic E-state index is 11.4. The molecule has 16 heavy (non-hydrogen) atoms. The lowest BCUT2D eigenvalue weighted by Gasteiger charge is -2.08. The van der Waals surface area contributed by atoms with Crippen molar-refractivity contribution in [3.63, 3.8) is 0 Å². The van der Waals surface area contributed by atoms with Gasteiger partial charge in [0.25, 0.3) is 0 Å². The van der Waals surface area contributed by atoms with Crippen molar-refractivity contribution in [1.82, 2.24) is 0 Å². The molecule has 0 aliphatic carbocycles. The van der Waals surface area contributed by atoms with E-state index in [1.807, 2.05) is 0 Å². The molecule has 0 saturated carbocycles. The molecule has 1 aliphatic heterocycles. The minimum Gasteiger partial charge on any atom is -0.469 e. The van der Waals surface area contributed by atoms with Crippen molar-refractivity contribution in [1.29, 1.82) is 0 Å². The van der Waals surface area contributed by atoms with Crippen LogP contribution in [-0.2, 0) is 23.9 Å². The molecule has 0 radical (unpaired) electrons. The summed E-state index contributed by atoms with van der Waals surface area (Å²) in [6.07, 6.45) is -0.470. The highest BCUT2D eigenvalue weighted by atomic mass is 16.6. The number of ketones is 1. The summed E-state index contributed by atoms with van der Waals surface area (Å²) >= 11 is 0. The summed E-state index contributed by atoms with van der Waals surface area (Å²) in [5.41, 5.74) is 0.948. The van der Waals surface area contributed by atoms with Gasteiger partial charge in [-0.3, -0.25) is 9.59 Å². The molecule has 0 aromatic carbocycles. The Morgan fingerprint density at radius 3 is 2.56 bits per heavy atom. The number of hydrogen-bond donors (Lipinski definition) is 0. The monoisotopic (exact) mass is 226 g/mol. The second-order valence-corrected chi connectivity index (χ2v) is 3.71. The Hall–Kier alpha value is -1.65. The Morgan fingerprint density at radius 1 is 1.44 bits per heavy atom. The SMILES string of the molecule is COC(=O)CC1=C(C)C(CC(C)=O)OC1=O. The summed E-state index contributed by atoms with van der Waals surface area (Å²) in [5.74, 6) is -1.08. The van der Waals surface area contributed by atoms with Crippen LogP contribution in [0.4, 0.5) is 0 Å². The van der Waals surface area contributed by atoms with Gasteiger partial charge >= 0.3 is 11.9 Å². The Morgan fingerprint density at radius 2 is 2.06 bits per heavy atom. The van der Waals surface area contributed by atoms with Crippen LogP contribution in [0.15, 0.2) is 11.1 Å². The van der Waals surface area contributed by atoms with Crippen LogP contribution in [0.5, 0.6) is 0 Å². The van der Waals surface area contributed by atoms with Gasteiger partial charge in [-0.25, -0.2) is 4.79 Å². The van der Waals surface area contributed by atoms with E-state index in [9.17, 15) is 14.4 Å². The van der Waals surface area contributed by atoms with Crippen molar-refractivity contribution in [2.75, 3.05) is 7.11 Å². The van der Waals surface area contributed by atoms with Gasteiger partial charge in [0, 0.05) is 6.42 Å². The summed E-state index contributed by atoms with van der Waals surface area (Å²) < 4.78 is 9.48. The van der Waals surface area contributed by atoms with Crippen LogP contribution in [0.25, 0.3) is 0 Å². The molecular formula is C11H14O5. The second kappa shape index (κ2) is 4.92. The Labute approximate surface area is 93.4 Å². The van der Waals surface area contributed by atoms with Gasteiger partial charge in [0.1, 0.15) is 11.9 Å². The lowest BCUT2D eigenvalue weighted by molar-refractivity contribution is -0.144. The molecule has 0 saturated heterocycles. The first-order valence-corrected chi connectivity index (χ1v) is 4.92. The number of cyclic esters (lactones) is 1. The van der Waals surface area contributed by atoms with E-state index in [4.69, 9.17) is 4.74 Å². The number of carbonyl (C=O) groups excluding carboxylic acids is 3. The standard InChI is InChI=1S/C11H14O5/c1-6(12)4-9-7(2)8(11(14)16-9)5-10(13)15-3/h9H,4-5H2,1-3H3. The molecule has 1 rings (SSSR count). The van der Waals surface area contributed by atoms with Crippen LogP contribution in [0, 0.1) is 0 Å². The van der Waals surface area contributed by atoms with E-state index in [-0.39, 0.29) is 18.6 Å². The van der Waals surface area contributed by atoms with E-state index >= 15 is 0 Å². The first-order chi connectivity index (χ1) is 7.45. The van der Waals surface area contributed by atoms with Gasteiger partial charge in [-0.15, -0.1) is 0 Å². The van der Waals surface area contributed by atoms with Crippen LogP contribution < -0.4 is 0 Å². The summed E-state index contributed by atoms with van der Waals surface area (Å²) in [5, 5.41) is 0. The average molecular weight is 226 g/mol. The number of methoxy groups -OCH3 is 1. The number of rotatable bonds is 4. The molecule has 5 nitrogen and oxygen atoms in total. The third kappa shape index (κ3) is 2.68. The van der Waals surface area contributed by atoms with Gasteiger partial charge in [0.05, 0.1) is 19.1 Å². The minimum absolute atomic E-state index is 0.0588. The third-order valence-corrected chi connectivity index (χ3v) is 2.48. The highest BCUT2D eigenvalue weighted by Crippen LogP contribution is 2.27. The van der Waals surface area contributed by atoms with Crippen LogP contribution in [0.1, 0.15) is 26.7 Å². The average Bonchev–Trinajstić information content (AvgIpc) is 2.45. The van der Waals surface area contributed by atoms with Crippen molar-refractivity contribution in [2.45, 2.75) is 32.8 Å². The summed E-state index contributed by atoms with van der Waals surface area (Å²) in [7, 11) is 1.26. The predicted molar refractivity (Wildman–Crippen MR) is 54.5 cm³/mol. The van der Waals surface area contributed by atoms with E-state index in [0.717, 1.165) is 0 Å². The number of carbonyl (C=O) groups is 3. The van der Waals surface area contributed by atoms with E-state index in [2.05, 4.69) is 4.74 Å². The van der Waals surface area contributed by atoms with Crippen LogP contribution in [-0.4, -0.2) is 30.9 Å². The van der Waals surface area contributed by atoms with Gasteiger partial charge in [-0.2, -0.15) is 0 Å². The van der Waals surface area contributed by atoms with Crippen molar-refractivity contribution in [3.05, 3.63) is 11.1 Å². The second-order valence-electron chi connectivity index (χ2n) is 3.71. The molecule has 0 aromatic rings. The fourth-order valence-corrected chi connectivity index (χ4v) is 1.53. The molecule has 88 valence electrons. The topological polar surface area (TPSA) is 69.7 Å². The fraction of sp³-hybridized carbons (Fsp3) is 0.545. The zero-order valence-electron chi connectivity index (χ0n) is 9.53. The Kier molecular flexibility index (Phi) is 3.82. The van der Waals surface area contributed by atoms with Gasteiger partial charge in [0.15, 0.2) is 0 Å². The lowest BCUT2D eigenvalue weighted by atomic mass is 10.0. The number of Topliss-reactive ketones (excluding diaryl/α,β-unsaturated/α-hetero) is 1. The molecule has 1 heterocycles. The normalized spacial score (nSPS) is 19.7. The molecule has 0 spiro atoms. The largest absolute Gasteiger partial charge is 0.469 e. The predicted octanol–water partition coefficient (Wildman–Crippen LogP) is 0.770. The van der Waals surface area contributed by atoms with Crippen molar-refractivity contribution in [2.24, 2.45) is 0 Å². The quantitative estimate of drug-likeness (QED) is 0.662. The summed E-state index contributed by atoms with van der Waals surface area (Å²) in [4.78, 5) is 33.4. The molecule has 5 heteroatoms. The first-order valence-electron chi connectivity index (χ1n) is 4.92. The van der Waals surface area contributed by atoms with Crippen molar-refractivity contribution in [3.8, 4) is 0 Å². The molecule has 1 atom stereocenters. The molecule has 0 bridgehead atoms. The summed E-state index contributed by atoms with van der Waals surface area (Å²) in [6.45, 7) is 3.12. The van der Waals surface area contributed by atoms with Gasteiger partial charge in [-0.05, 0) is 19.4 Å². The zero-order valence-corrected chi connectivity index (χ0v) is 9.53. The first kappa shape index (κ1) is 12.4. The molecule has 1 aliphatic rings. The molecule has 0 aromatic heterocycles. The Balaban J connectivity index is 2.80. The lowest BCUT2D eigenvalue weighted by Crippen LogP contribution is -2.14. The smallest absolute Gasteiger partial charge is 0.335 e. The van der Waals surface area contributed by atoms with Gasteiger partial charge < -0.3 is 9.47 Å². The number of ether oxygens (including phenoxy) is 2. The van der Waals surface area contributed by atoms with Crippen LogP contribution in [0.3, 0.4) is 0 Å².